The van der Waals surface area contributed by atoms with Gasteiger partial charge in [0.05, 0.1) is 5.54 Å². The van der Waals surface area contributed by atoms with Crippen molar-refractivity contribution in [2.24, 2.45) is 5.73 Å². The molecule has 0 unspecified atom stereocenters. The van der Waals surface area contributed by atoms with Gasteiger partial charge in [0.15, 0.2) is 0 Å². The van der Waals surface area contributed by atoms with Crippen molar-refractivity contribution in [1.29, 1.82) is 0 Å². The third kappa shape index (κ3) is 1.43. The first kappa shape index (κ1) is 9.65. The van der Waals surface area contributed by atoms with Crippen molar-refractivity contribution in [3.05, 3.63) is 12.2 Å². The van der Waals surface area contributed by atoms with Crippen LogP contribution in [0, 0.1) is 0 Å². The van der Waals surface area contributed by atoms with E-state index in [1.54, 1.807) is 6.33 Å². The van der Waals surface area contributed by atoms with E-state index in [2.05, 4.69) is 23.9 Å². The van der Waals surface area contributed by atoms with Crippen LogP contribution in [0.25, 0.3) is 0 Å². The number of nitrogens with two attached hydrogens (primary N) is 1. The topological polar surface area (TPSA) is 56.7 Å². The summed E-state index contributed by atoms with van der Waals surface area (Å²) in [7, 11) is 0. The molecule has 0 atom stereocenters. The molecule has 0 bridgehead atoms. The minimum absolute atomic E-state index is 0.221. The summed E-state index contributed by atoms with van der Waals surface area (Å²) in [4.78, 5) is 4.32. The standard InChI is InChI=1S/C10H18N4/c1-8(2)14-9(12-7-13-14)10(11)5-3-4-6-10/h7-8H,3-6,11H2,1-2H3. The summed E-state index contributed by atoms with van der Waals surface area (Å²) in [5, 5.41) is 4.23. The Morgan fingerprint density at radius 2 is 2.07 bits per heavy atom. The van der Waals surface area contributed by atoms with Gasteiger partial charge in [-0.3, -0.25) is 0 Å². The molecule has 14 heavy (non-hydrogen) atoms. The van der Waals surface area contributed by atoms with Crippen molar-refractivity contribution in [2.75, 3.05) is 0 Å². The third-order valence-electron chi connectivity index (χ3n) is 3.00. The number of hydrogen-bond donors (Lipinski definition) is 1. The molecular weight excluding hydrogens is 176 g/mol. The fraction of sp³-hybridized carbons (Fsp3) is 0.800. The van der Waals surface area contributed by atoms with E-state index >= 15 is 0 Å². The second kappa shape index (κ2) is 3.35. The molecule has 0 spiro atoms. The molecule has 0 amide bonds. The first-order chi connectivity index (χ1) is 6.63. The van der Waals surface area contributed by atoms with Crippen LogP contribution in [0.2, 0.25) is 0 Å². The average molecular weight is 194 g/mol. The Balaban J connectivity index is 2.35. The van der Waals surface area contributed by atoms with E-state index in [0.29, 0.717) is 6.04 Å². The smallest absolute Gasteiger partial charge is 0.147 e. The van der Waals surface area contributed by atoms with Gasteiger partial charge in [0.1, 0.15) is 12.2 Å². The van der Waals surface area contributed by atoms with Gasteiger partial charge in [-0.15, -0.1) is 0 Å². The Bertz CT molecular complexity index is 310. The zero-order valence-electron chi connectivity index (χ0n) is 8.90. The van der Waals surface area contributed by atoms with Crippen LogP contribution in [-0.4, -0.2) is 14.8 Å². The van der Waals surface area contributed by atoms with E-state index in [0.717, 1.165) is 18.7 Å². The predicted octanol–water partition coefficient (Wildman–Crippen LogP) is 1.59. The van der Waals surface area contributed by atoms with Crippen LogP contribution in [0.3, 0.4) is 0 Å². The molecule has 1 saturated carbocycles. The maximum atomic E-state index is 6.34. The summed E-state index contributed by atoms with van der Waals surface area (Å²) in [5.41, 5.74) is 6.12. The van der Waals surface area contributed by atoms with Gasteiger partial charge >= 0.3 is 0 Å². The van der Waals surface area contributed by atoms with Crippen molar-refractivity contribution < 1.29 is 0 Å². The van der Waals surface area contributed by atoms with Crippen molar-refractivity contribution in [3.8, 4) is 0 Å². The molecule has 1 aromatic rings. The monoisotopic (exact) mass is 194 g/mol. The van der Waals surface area contributed by atoms with E-state index in [1.807, 2.05) is 4.68 Å². The Morgan fingerprint density at radius 1 is 1.43 bits per heavy atom. The maximum Gasteiger partial charge on any atom is 0.147 e. The summed E-state index contributed by atoms with van der Waals surface area (Å²) >= 11 is 0. The number of nitrogens with zero attached hydrogens (tertiary/aromatic N) is 3. The average Bonchev–Trinajstić information content (AvgIpc) is 2.71. The number of hydrogen-bond acceptors (Lipinski definition) is 3. The lowest BCUT2D eigenvalue weighted by Gasteiger charge is -2.24. The number of rotatable bonds is 2. The molecule has 2 rings (SSSR count). The first-order valence-corrected chi connectivity index (χ1v) is 5.32. The largest absolute Gasteiger partial charge is 0.319 e. The van der Waals surface area contributed by atoms with Crippen LogP contribution < -0.4 is 5.73 Å². The minimum Gasteiger partial charge on any atom is -0.319 e. The second-order valence-electron chi connectivity index (χ2n) is 4.49. The van der Waals surface area contributed by atoms with Gasteiger partial charge in [0.25, 0.3) is 0 Å². The molecule has 4 nitrogen and oxygen atoms in total. The summed E-state index contributed by atoms with van der Waals surface area (Å²) in [6.45, 7) is 4.22. The third-order valence-corrected chi connectivity index (χ3v) is 3.00. The van der Waals surface area contributed by atoms with Crippen LogP contribution in [0.4, 0.5) is 0 Å². The molecule has 78 valence electrons. The molecule has 1 aromatic heterocycles. The molecule has 1 aliphatic carbocycles. The van der Waals surface area contributed by atoms with Crippen LogP contribution in [0.15, 0.2) is 6.33 Å². The quantitative estimate of drug-likeness (QED) is 0.777. The summed E-state index contributed by atoms with van der Waals surface area (Å²) < 4.78 is 1.95. The molecule has 4 heteroatoms. The highest BCUT2D eigenvalue weighted by Gasteiger charge is 2.35. The molecule has 0 aliphatic heterocycles. The lowest BCUT2D eigenvalue weighted by molar-refractivity contribution is 0.377. The van der Waals surface area contributed by atoms with Gasteiger partial charge in [-0.1, -0.05) is 12.8 Å². The van der Waals surface area contributed by atoms with Gasteiger partial charge in [0.2, 0.25) is 0 Å². The number of aromatic nitrogens is 3. The van der Waals surface area contributed by atoms with Crippen molar-refractivity contribution in [2.45, 2.75) is 51.1 Å². The highest BCUT2D eigenvalue weighted by atomic mass is 15.4. The van der Waals surface area contributed by atoms with Gasteiger partial charge in [0, 0.05) is 6.04 Å². The van der Waals surface area contributed by atoms with E-state index in [9.17, 15) is 0 Å². The fourth-order valence-corrected chi connectivity index (χ4v) is 2.21. The zero-order chi connectivity index (χ0) is 10.2. The Labute approximate surface area is 84.5 Å². The molecule has 1 heterocycles. The Morgan fingerprint density at radius 3 is 2.64 bits per heavy atom. The van der Waals surface area contributed by atoms with Gasteiger partial charge in [-0.05, 0) is 26.7 Å². The molecule has 1 fully saturated rings. The normalized spacial score (nSPS) is 20.6. The molecule has 2 N–H and O–H groups in total. The van der Waals surface area contributed by atoms with Gasteiger partial charge < -0.3 is 5.73 Å². The summed E-state index contributed by atoms with van der Waals surface area (Å²) in [5.74, 6) is 0.963. The van der Waals surface area contributed by atoms with E-state index < -0.39 is 0 Å². The van der Waals surface area contributed by atoms with Crippen LogP contribution in [-0.2, 0) is 5.54 Å². The van der Waals surface area contributed by atoms with Gasteiger partial charge in [-0.25, -0.2) is 9.67 Å². The van der Waals surface area contributed by atoms with Crippen molar-refractivity contribution in [3.63, 3.8) is 0 Å². The molecule has 0 aromatic carbocycles. The molecule has 0 saturated heterocycles. The fourth-order valence-electron chi connectivity index (χ4n) is 2.21. The van der Waals surface area contributed by atoms with Crippen molar-refractivity contribution in [1.82, 2.24) is 14.8 Å². The second-order valence-corrected chi connectivity index (χ2v) is 4.49. The summed E-state index contributed by atoms with van der Waals surface area (Å²) in [6, 6.07) is 0.341. The summed E-state index contributed by atoms with van der Waals surface area (Å²) in [6.07, 6.45) is 6.11. The van der Waals surface area contributed by atoms with E-state index in [-0.39, 0.29) is 5.54 Å². The molecule has 1 aliphatic rings. The predicted molar refractivity (Wildman–Crippen MR) is 54.7 cm³/mol. The Kier molecular flexibility index (Phi) is 2.31. The van der Waals surface area contributed by atoms with E-state index in [1.165, 1.54) is 12.8 Å². The first-order valence-electron chi connectivity index (χ1n) is 5.32. The van der Waals surface area contributed by atoms with Gasteiger partial charge in [-0.2, -0.15) is 5.10 Å². The lowest BCUT2D eigenvalue weighted by atomic mass is 9.98. The highest BCUT2D eigenvalue weighted by molar-refractivity contribution is 5.07. The Hall–Kier alpha value is -0.900. The minimum atomic E-state index is -0.221. The molecular formula is C10H18N4. The highest BCUT2D eigenvalue weighted by Crippen LogP contribution is 2.35. The zero-order valence-corrected chi connectivity index (χ0v) is 8.90. The van der Waals surface area contributed by atoms with Crippen LogP contribution >= 0.6 is 0 Å². The maximum absolute atomic E-state index is 6.34. The van der Waals surface area contributed by atoms with Crippen molar-refractivity contribution >= 4 is 0 Å². The lowest BCUT2D eigenvalue weighted by Crippen LogP contribution is -2.37. The SMILES string of the molecule is CC(C)n1ncnc1C1(N)CCCC1. The molecule has 0 radical (unpaired) electrons. The van der Waals surface area contributed by atoms with Crippen LogP contribution in [0.5, 0.6) is 0 Å². The van der Waals surface area contributed by atoms with Crippen LogP contribution in [0.1, 0.15) is 51.4 Å². The van der Waals surface area contributed by atoms with E-state index in [4.69, 9.17) is 5.73 Å².